The Morgan fingerprint density at radius 1 is 1.42 bits per heavy atom. The molecule has 1 aliphatic heterocycles. The predicted octanol–water partition coefficient (Wildman–Crippen LogP) is 3.56. The maximum atomic E-state index is 11.5. The summed E-state index contributed by atoms with van der Waals surface area (Å²) in [5.41, 5.74) is 0.773. The van der Waals surface area contributed by atoms with Gasteiger partial charge < -0.3 is 4.74 Å². The number of carbonyl (C=O) groups is 2. The van der Waals surface area contributed by atoms with Crippen molar-refractivity contribution in [3.05, 3.63) is 33.1 Å². The first-order valence-corrected chi connectivity index (χ1v) is 7.38. The lowest BCUT2D eigenvalue weighted by Crippen LogP contribution is -2.17. The largest absolute Gasteiger partial charge is 0.493 e. The van der Waals surface area contributed by atoms with Crippen LogP contribution in [0.3, 0.4) is 0 Å². The zero-order valence-corrected chi connectivity index (χ0v) is 12.6. The van der Waals surface area contributed by atoms with Gasteiger partial charge in [0.2, 0.25) is 0 Å². The molecule has 100 valence electrons. The molecule has 4 nitrogen and oxygen atoms in total. The standard InChI is InChI=1S/C13H12BrNO3S/c1-2-5-18-10-4-3-9(14)6-8(10)7-11-12(16)15-13(17)19-11/h3-4,6-7H,2,5H2,1H3,(H,15,16,17). The Kier molecular flexibility index (Phi) is 4.66. The molecule has 0 bridgehead atoms. The van der Waals surface area contributed by atoms with Gasteiger partial charge in [-0.2, -0.15) is 0 Å². The predicted molar refractivity (Wildman–Crippen MR) is 79.0 cm³/mol. The Balaban J connectivity index is 2.32. The van der Waals surface area contributed by atoms with Crippen LogP contribution < -0.4 is 10.1 Å². The fourth-order valence-electron chi connectivity index (χ4n) is 1.54. The van der Waals surface area contributed by atoms with Gasteiger partial charge in [-0.15, -0.1) is 0 Å². The van der Waals surface area contributed by atoms with Crippen LogP contribution in [0.4, 0.5) is 4.79 Å². The molecule has 0 aliphatic carbocycles. The zero-order valence-electron chi connectivity index (χ0n) is 10.2. The van der Waals surface area contributed by atoms with Crippen LogP contribution in [0.15, 0.2) is 27.6 Å². The van der Waals surface area contributed by atoms with E-state index in [0.717, 1.165) is 28.2 Å². The van der Waals surface area contributed by atoms with Gasteiger partial charge >= 0.3 is 0 Å². The molecule has 1 saturated heterocycles. The summed E-state index contributed by atoms with van der Waals surface area (Å²) in [4.78, 5) is 23.0. The number of rotatable bonds is 4. The molecule has 1 aromatic rings. The van der Waals surface area contributed by atoms with Crippen LogP contribution in [0, 0.1) is 0 Å². The SMILES string of the molecule is CCCOc1ccc(Br)cc1C=C1SC(=O)NC1=O. The Hall–Kier alpha value is -1.27. The smallest absolute Gasteiger partial charge is 0.290 e. The van der Waals surface area contributed by atoms with Crippen molar-refractivity contribution in [1.29, 1.82) is 0 Å². The Labute approximate surface area is 123 Å². The molecule has 0 radical (unpaired) electrons. The average molecular weight is 342 g/mol. The first kappa shape index (κ1) is 14.1. The van der Waals surface area contributed by atoms with Crippen molar-refractivity contribution >= 4 is 44.9 Å². The minimum Gasteiger partial charge on any atom is -0.493 e. The fraction of sp³-hybridized carbons (Fsp3) is 0.231. The van der Waals surface area contributed by atoms with E-state index < -0.39 is 0 Å². The number of benzene rings is 1. The minimum atomic E-state index is -0.364. The zero-order chi connectivity index (χ0) is 13.8. The van der Waals surface area contributed by atoms with Crippen molar-refractivity contribution in [2.75, 3.05) is 6.61 Å². The first-order chi connectivity index (χ1) is 9.10. The number of ether oxygens (including phenoxy) is 1. The van der Waals surface area contributed by atoms with Gasteiger partial charge in [-0.3, -0.25) is 14.9 Å². The lowest BCUT2D eigenvalue weighted by Gasteiger charge is -2.09. The lowest BCUT2D eigenvalue weighted by atomic mass is 10.2. The summed E-state index contributed by atoms with van der Waals surface area (Å²) >= 11 is 4.28. The molecule has 2 amide bonds. The third-order valence-electron chi connectivity index (χ3n) is 2.36. The number of halogens is 1. The highest BCUT2D eigenvalue weighted by Crippen LogP contribution is 2.30. The normalized spacial score (nSPS) is 16.8. The number of thioether (sulfide) groups is 1. The van der Waals surface area contributed by atoms with E-state index in [1.807, 2.05) is 25.1 Å². The van der Waals surface area contributed by atoms with E-state index in [4.69, 9.17) is 4.74 Å². The van der Waals surface area contributed by atoms with Crippen molar-refractivity contribution in [3.63, 3.8) is 0 Å². The van der Waals surface area contributed by atoms with Gasteiger partial charge in [0, 0.05) is 10.0 Å². The van der Waals surface area contributed by atoms with E-state index in [-0.39, 0.29) is 11.1 Å². The molecule has 0 aromatic heterocycles. The van der Waals surface area contributed by atoms with Crippen molar-refractivity contribution in [2.24, 2.45) is 0 Å². The maximum absolute atomic E-state index is 11.5. The van der Waals surface area contributed by atoms with E-state index in [1.165, 1.54) is 0 Å². The third kappa shape index (κ3) is 3.61. The summed E-state index contributed by atoms with van der Waals surface area (Å²) in [6.07, 6.45) is 2.57. The second-order valence-corrected chi connectivity index (χ2v) is 5.81. The topological polar surface area (TPSA) is 55.4 Å². The number of hydrogen-bond donors (Lipinski definition) is 1. The van der Waals surface area contributed by atoms with E-state index in [9.17, 15) is 9.59 Å². The molecule has 1 N–H and O–H groups in total. The van der Waals surface area contributed by atoms with Gasteiger partial charge in [-0.25, -0.2) is 0 Å². The molecule has 0 saturated carbocycles. The summed E-state index contributed by atoms with van der Waals surface area (Å²) in [6, 6.07) is 5.57. The molecule has 0 unspecified atom stereocenters. The second-order valence-electron chi connectivity index (χ2n) is 3.88. The molecule has 0 spiro atoms. The summed E-state index contributed by atoms with van der Waals surface area (Å²) in [5.74, 6) is 0.335. The second kappa shape index (κ2) is 6.25. The van der Waals surface area contributed by atoms with Crippen LogP contribution in [0.2, 0.25) is 0 Å². The maximum Gasteiger partial charge on any atom is 0.290 e. The van der Waals surface area contributed by atoms with E-state index in [1.54, 1.807) is 6.08 Å². The van der Waals surface area contributed by atoms with Crippen molar-refractivity contribution in [1.82, 2.24) is 5.32 Å². The van der Waals surface area contributed by atoms with Crippen molar-refractivity contribution in [3.8, 4) is 5.75 Å². The van der Waals surface area contributed by atoms with Gasteiger partial charge in [0.25, 0.3) is 11.1 Å². The lowest BCUT2D eigenvalue weighted by molar-refractivity contribution is -0.115. The molecular weight excluding hydrogens is 330 g/mol. The summed E-state index contributed by atoms with van der Waals surface area (Å²) in [7, 11) is 0. The third-order valence-corrected chi connectivity index (χ3v) is 3.67. The number of hydrogen-bond acceptors (Lipinski definition) is 4. The molecule has 19 heavy (non-hydrogen) atoms. The highest BCUT2D eigenvalue weighted by atomic mass is 79.9. The highest BCUT2D eigenvalue weighted by Gasteiger charge is 2.25. The van der Waals surface area contributed by atoms with Crippen LogP contribution in [0.5, 0.6) is 5.75 Å². The quantitative estimate of drug-likeness (QED) is 0.850. The molecule has 1 aliphatic rings. The number of carbonyl (C=O) groups excluding carboxylic acids is 2. The Bertz CT molecular complexity index is 557. The molecule has 1 heterocycles. The van der Waals surface area contributed by atoms with Crippen LogP contribution in [0.25, 0.3) is 6.08 Å². The molecule has 1 aromatic carbocycles. The van der Waals surface area contributed by atoms with E-state index in [2.05, 4.69) is 21.2 Å². The van der Waals surface area contributed by atoms with Crippen molar-refractivity contribution < 1.29 is 14.3 Å². The number of imide groups is 1. The molecule has 0 atom stereocenters. The van der Waals surface area contributed by atoms with E-state index >= 15 is 0 Å². The molecular formula is C13H12BrNO3S. The van der Waals surface area contributed by atoms with Crippen LogP contribution in [0.1, 0.15) is 18.9 Å². The molecule has 1 fully saturated rings. The van der Waals surface area contributed by atoms with Crippen LogP contribution in [-0.2, 0) is 4.79 Å². The summed E-state index contributed by atoms with van der Waals surface area (Å²) in [6.45, 7) is 2.63. The minimum absolute atomic E-state index is 0.345. The van der Waals surface area contributed by atoms with Gasteiger partial charge in [0.1, 0.15) is 5.75 Å². The average Bonchev–Trinajstić information content (AvgIpc) is 2.67. The number of amides is 2. The van der Waals surface area contributed by atoms with Gasteiger partial charge in [-0.05, 0) is 42.5 Å². The fourth-order valence-corrected chi connectivity index (χ4v) is 2.59. The van der Waals surface area contributed by atoms with Gasteiger partial charge in [-0.1, -0.05) is 22.9 Å². The van der Waals surface area contributed by atoms with Crippen LogP contribution in [-0.4, -0.2) is 17.8 Å². The molecule has 6 heteroatoms. The number of nitrogens with one attached hydrogen (secondary N) is 1. The first-order valence-electron chi connectivity index (χ1n) is 5.77. The monoisotopic (exact) mass is 341 g/mol. The van der Waals surface area contributed by atoms with Gasteiger partial charge in [0.05, 0.1) is 11.5 Å². The Morgan fingerprint density at radius 2 is 2.21 bits per heavy atom. The van der Waals surface area contributed by atoms with Crippen molar-refractivity contribution in [2.45, 2.75) is 13.3 Å². The highest BCUT2D eigenvalue weighted by molar-refractivity contribution is 9.10. The van der Waals surface area contributed by atoms with Gasteiger partial charge in [0.15, 0.2) is 0 Å². The van der Waals surface area contributed by atoms with Crippen LogP contribution >= 0.6 is 27.7 Å². The Morgan fingerprint density at radius 3 is 2.84 bits per heavy atom. The summed E-state index contributed by atoms with van der Waals surface area (Å²) in [5, 5.41) is 1.88. The summed E-state index contributed by atoms with van der Waals surface area (Å²) < 4.78 is 6.51. The van der Waals surface area contributed by atoms with E-state index in [0.29, 0.717) is 17.3 Å². The molecule has 2 rings (SSSR count).